The van der Waals surface area contributed by atoms with Crippen molar-refractivity contribution in [1.82, 2.24) is 4.98 Å². The molecule has 0 fully saturated rings. The van der Waals surface area contributed by atoms with E-state index in [-0.39, 0.29) is 0 Å². The van der Waals surface area contributed by atoms with Gasteiger partial charge in [-0.15, -0.1) is 11.3 Å². The minimum Gasteiger partial charge on any atom is -0.397 e. The van der Waals surface area contributed by atoms with Crippen molar-refractivity contribution in [1.29, 1.82) is 0 Å². The Morgan fingerprint density at radius 2 is 2.27 bits per heavy atom. The van der Waals surface area contributed by atoms with Crippen LogP contribution in [0.4, 0.5) is 11.4 Å². The van der Waals surface area contributed by atoms with Gasteiger partial charge >= 0.3 is 0 Å². The molecule has 15 heavy (non-hydrogen) atoms. The van der Waals surface area contributed by atoms with E-state index in [1.54, 1.807) is 11.3 Å². The number of thiazole rings is 1. The Hall–Kier alpha value is -1.33. The number of aromatic nitrogens is 1. The van der Waals surface area contributed by atoms with Crippen molar-refractivity contribution in [2.24, 2.45) is 5.73 Å². The van der Waals surface area contributed by atoms with Crippen molar-refractivity contribution < 1.29 is 0 Å². The van der Waals surface area contributed by atoms with Crippen LogP contribution in [0.25, 0.3) is 10.2 Å². The van der Waals surface area contributed by atoms with Crippen molar-refractivity contribution in [2.45, 2.75) is 6.92 Å². The number of rotatable bonds is 3. The number of aryl methyl sites for hydroxylation is 1. The van der Waals surface area contributed by atoms with Crippen molar-refractivity contribution in [3.05, 3.63) is 17.1 Å². The minimum absolute atomic E-state index is 0.591. The maximum Gasteiger partial charge on any atom is 0.0907 e. The number of nitrogens with zero attached hydrogens (tertiary/aromatic N) is 1. The summed E-state index contributed by atoms with van der Waals surface area (Å²) in [5.41, 5.74) is 14.0. The molecule has 0 spiro atoms. The van der Waals surface area contributed by atoms with Crippen LogP contribution in [0.15, 0.2) is 12.1 Å². The van der Waals surface area contributed by atoms with E-state index >= 15 is 0 Å². The van der Waals surface area contributed by atoms with E-state index in [4.69, 9.17) is 11.5 Å². The molecule has 0 saturated carbocycles. The molecule has 2 rings (SSSR count). The fourth-order valence-electron chi connectivity index (χ4n) is 1.46. The Balaban J connectivity index is 2.42. The first-order chi connectivity index (χ1) is 7.20. The first-order valence-corrected chi connectivity index (χ1v) is 5.63. The van der Waals surface area contributed by atoms with E-state index in [1.807, 2.05) is 19.1 Å². The first kappa shape index (κ1) is 10.2. The lowest BCUT2D eigenvalue weighted by atomic mass is 10.2. The summed E-state index contributed by atoms with van der Waals surface area (Å²) in [6, 6.07) is 3.93. The van der Waals surface area contributed by atoms with Gasteiger partial charge in [0.15, 0.2) is 0 Å². The topological polar surface area (TPSA) is 77.0 Å². The largest absolute Gasteiger partial charge is 0.397 e. The van der Waals surface area contributed by atoms with Crippen molar-refractivity contribution in [3.8, 4) is 0 Å². The predicted molar refractivity (Wildman–Crippen MR) is 66.3 cm³/mol. The number of hydrogen-bond acceptors (Lipinski definition) is 5. The van der Waals surface area contributed by atoms with Crippen molar-refractivity contribution >= 4 is 32.9 Å². The molecule has 4 nitrogen and oxygen atoms in total. The van der Waals surface area contributed by atoms with Gasteiger partial charge in [0.25, 0.3) is 0 Å². The monoisotopic (exact) mass is 222 g/mol. The number of nitrogen functional groups attached to an aromatic ring is 1. The highest BCUT2D eigenvalue weighted by molar-refractivity contribution is 7.18. The summed E-state index contributed by atoms with van der Waals surface area (Å²) >= 11 is 1.66. The SMILES string of the molecule is Cc1nc2cc(NCCN)c(N)cc2s1. The van der Waals surface area contributed by atoms with Gasteiger partial charge in [-0.05, 0) is 19.1 Å². The molecule has 1 aromatic carbocycles. The van der Waals surface area contributed by atoms with Crippen LogP contribution in [0, 0.1) is 6.92 Å². The molecule has 0 aliphatic rings. The fourth-order valence-corrected chi connectivity index (χ4v) is 2.32. The zero-order valence-electron chi connectivity index (χ0n) is 8.58. The Morgan fingerprint density at radius 3 is 3.00 bits per heavy atom. The van der Waals surface area contributed by atoms with Crippen molar-refractivity contribution in [2.75, 3.05) is 24.1 Å². The number of nitrogens with two attached hydrogens (primary N) is 2. The third-order valence-corrected chi connectivity index (χ3v) is 3.06. The van der Waals surface area contributed by atoms with E-state index < -0.39 is 0 Å². The van der Waals surface area contributed by atoms with Gasteiger partial charge in [0, 0.05) is 13.1 Å². The Morgan fingerprint density at radius 1 is 1.47 bits per heavy atom. The van der Waals surface area contributed by atoms with Crippen LogP contribution in [0.3, 0.4) is 0 Å². The number of nitrogens with one attached hydrogen (secondary N) is 1. The highest BCUT2D eigenvalue weighted by Gasteiger charge is 2.05. The smallest absolute Gasteiger partial charge is 0.0907 e. The molecule has 1 aromatic heterocycles. The zero-order valence-corrected chi connectivity index (χ0v) is 9.40. The summed E-state index contributed by atoms with van der Waals surface area (Å²) in [6.07, 6.45) is 0. The summed E-state index contributed by atoms with van der Waals surface area (Å²) in [6.45, 7) is 3.31. The number of anilines is 2. The summed E-state index contributed by atoms with van der Waals surface area (Å²) in [4.78, 5) is 4.41. The highest BCUT2D eigenvalue weighted by atomic mass is 32.1. The molecular formula is C10H14N4S. The molecule has 0 aliphatic heterocycles. The van der Waals surface area contributed by atoms with Gasteiger partial charge in [-0.2, -0.15) is 0 Å². The maximum atomic E-state index is 5.91. The van der Waals surface area contributed by atoms with Gasteiger partial charge in [-0.25, -0.2) is 4.98 Å². The second kappa shape index (κ2) is 4.04. The minimum atomic E-state index is 0.591. The average molecular weight is 222 g/mol. The maximum absolute atomic E-state index is 5.91. The Kier molecular flexibility index (Phi) is 2.75. The molecule has 5 heteroatoms. The van der Waals surface area contributed by atoms with Crippen LogP contribution < -0.4 is 16.8 Å². The third kappa shape index (κ3) is 2.03. The molecule has 0 radical (unpaired) electrons. The molecule has 0 saturated heterocycles. The number of fused-ring (bicyclic) bond motifs is 1. The van der Waals surface area contributed by atoms with Gasteiger partial charge < -0.3 is 16.8 Å². The molecule has 0 amide bonds. The highest BCUT2D eigenvalue weighted by Crippen LogP contribution is 2.29. The van der Waals surface area contributed by atoms with Gasteiger partial charge in [0.2, 0.25) is 0 Å². The van der Waals surface area contributed by atoms with Gasteiger partial charge in [-0.3, -0.25) is 0 Å². The summed E-state index contributed by atoms with van der Waals surface area (Å²) in [5, 5.41) is 4.23. The molecule has 0 bridgehead atoms. The molecule has 0 aliphatic carbocycles. The van der Waals surface area contributed by atoms with Gasteiger partial charge in [0.1, 0.15) is 0 Å². The lowest BCUT2D eigenvalue weighted by Crippen LogP contribution is -2.13. The van der Waals surface area contributed by atoms with Gasteiger partial charge in [-0.1, -0.05) is 0 Å². The molecule has 80 valence electrons. The second-order valence-electron chi connectivity index (χ2n) is 3.36. The standard InChI is InChI=1S/C10H14N4S/c1-6-14-9-5-8(13-3-2-11)7(12)4-10(9)15-6/h4-5,13H,2-3,11-12H2,1H3. The molecule has 5 N–H and O–H groups in total. The lowest BCUT2D eigenvalue weighted by molar-refractivity contribution is 1.03. The van der Waals surface area contributed by atoms with E-state index in [2.05, 4.69) is 10.3 Å². The third-order valence-electron chi connectivity index (χ3n) is 2.13. The lowest BCUT2D eigenvalue weighted by Gasteiger charge is -2.07. The van der Waals surface area contributed by atoms with E-state index in [0.717, 1.165) is 33.1 Å². The van der Waals surface area contributed by atoms with Crippen LogP contribution in [0.5, 0.6) is 0 Å². The molecule has 0 unspecified atom stereocenters. The van der Waals surface area contributed by atoms with E-state index in [1.165, 1.54) is 0 Å². The van der Waals surface area contributed by atoms with Crippen LogP contribution >= 0.6 is 11.3 Å². The normalized spacial score (nSPS) is 10.8. The van der Waals surface area contributed by atoms with Gasteiger partial charge in [0.05, 0.1) is 26.6 Å². The Labute approximate surface area is 92.3 Å². The summed E-state index contributed by atoms with van der Waals surface area (Å²) in [5.74, 6) is 0. The quantitative estimate of drug-likeness (QED) is 0.689. The van der Waals surface area contributed by atoms with Crippen molar-refractivity contribution in [3.63, 3.8) is 0 Å². The Bertz CT molecular complexity index is 477. The fraction of sp³-hybridized carbons (Fsp3) is 0.300. The molecule has 1 heterocycles. The number of hydrogen-bond donors (Lipinski definition) is 3. The molecule has 2 aromatic rings. The van der Waals surface area contributed by atoms with Crippen LogP contribution in [0.1, 0.15) is 5.01 Å². The zero-order chi connectivity index (χ0) is 10.8. The molecule has 0 atom stereocenters. The molecular weight excluding hydrogens is 208 g/mol. The first-order valence-electron chi connectivity index (χ1n) is 4.81. The van der Waals surface area contributed by atoms with E-state index in [9.17, 15) is 0 Å². The predicted octanol–water partition coefficient (Wildman–Crippen LogP) is 1.56. The average Bonchev–Trinajstić information content (AvgIpc) is 2.53. The van der Waals surface area contributed by atoms with Crippen LogP contribution in [0.2, 0.25) is 0 Å². The summed E-state index contributed by atoms with van der Waals surface area (Å²) < 4.78 is 1.13. The van der Waals surface area contributed by atoms with E-state index in [0.29, 0.717) is 6.54 Å². The van der Waals surface area contributed by atoms with Crippen LogP contribution in [-0.2, 0) is 0 Å². The second-order valence-corrected chi connectivity index (χ2v) is 4.59. The summed E-state index contributed by atoms with van der Waals surface area (Å²) in [7, 11) is 0. The van der Waals surface area contributed by atoms with Crippen LogP contribution in [-0.4, -0.2) is 18.1 Å². The number of benzene rings is 1.